The molecule has 0 radical (unpaired) electrons. The molecule has 0 fully saturated rings. The molecule has 0 spiro atoms. The number of rotatable bonds is 1. The Morgan fingerprint density at radius 3 is 2.64 bits per heavy atom. The van der Waals surface area contributed by atoms with E-state index in [-0.39, 0.29) is 7.43 Å². The van der Waals surface area contributed by atoms with Gasteiger partial charge in [0, 0.05) is 5.39 Å². The van der Waals surface area contributed by atoms with Crippen molar-refractivity contribution >= 4 is 10.9 Å². The quantitative estimate of drug-likeness (QED) is 0.730. The van der Waals surface area contributed by atoms with Crippen molar-refractivity contribution in [2.75, 3.05) is 0 Å². The van der Waals surface area contributed by atoms with Gasteiger partial charge in [-0.15, -0.1) is 0 Å². The van der Waals surface area contributed by atoms with Crippen LogP contribution in [-0.2, 0) is 0 Å². The van der Waals surface area contributed by atoms with E-state index < -0.39 is 0 Å². The molecule has 1 aromatic carbocycles. The molecule has 1 heterocycles. The second-order valence-electron chi connectivity index (χ2n) is 3.83. The normalized spacial score (nSPS) is 10.6. The average Bonchev–Trinajstić information content (AvgIpc) is 2.51. The molecule has 0 unspecified atom stereocenters. The molecule has 0 aliphatic heterocycles. The van der Waals surface area contributed by atoms with Gasteiger partial charge in [0.15, 0.2) is 0 Å². The molecular formula is C12H18N2. The van der Waals surface area contributed by atoms with Crippen molar-refractivity contribution in [3.8, 4) is 0 Å². The molecule has 0 atom stereocenters. The number of benzene rings is 1. The number of nitrogens with one attached hydrogen (secondary N) is 1. The lowest BCUT2D eigenvalue weighted by Crippen LogP contribution is -1.88. The molecular weight excluding hydrogens is 172 g/mol. The lowest BCUT2D eigenvalue weighted by molar-refractivity contribution is 0.867. The van der Waals surface area contributed by atoms with Gasteiger partial charge in [0.05, 0.1) is 11.7 Å². The van der Waals surface area contributed by atoms with Crippen molar-refractivity contribution < 1.29 is 0 Å². The van der Waals surface area contributed by atoms with Gasteiger partial charge >= 0.3 is 0 Å². The minimum Gasteiger partial charge on any atom is -0.278 e. The predicted molar refractivity (Wildman–Crippen MR) is 61.7 cm³/mol. The molecule has 1 aromatic heterocycles. The highest BCUT2D eigenvalue weighted by molar-refractivity contribution is 5.82. The average molecular weight is 190 g/mol. The summed E-state index contributed by atoms with van der Waals surface area (Å²) in [6.07, 6.45) is 1.88. The number of nitrogens with zero attached hydrogens (tertiary/aromatic N) is 1. The molecule has 0 aliphatic rings. The van der Waals surface area contributed by atoms with E-state index in [4.69, 9.17) is 0 Å². The number of H-pyrrole nitrogens is 1. The fraction of sp³-hybridized carbons (Fsp3) is 0.417. The second kappa shape index (κ2) is 3.82. The van der Waals surface area contributed by atoms with Gasteiger partial charge in [0.25, 0.3) is 0 Å². The molecule has 0 saturated heterocycles. The predicted octanol–water partition coefficient (Wildman–Crippen LogP) is 3.63. The van der Waals surface area contributed by atoms with Gasteiger partial charge in [-0.3, -0.25) is 5.10 Å². The molecule has 2 aromatic rings. The molecule has 0 bridgehead atoms. The summed E-state index contributed by atoms with van der Waals surface area (Å²) in [5.41, 5.74) is 3.81. The van der Waals surface area contributed by atoms with Gasteiger partial charge < -0.3 is 0 Å². The number of aromatic amines is 1. The van der Waals surface area contributed by atoms with E-state index >= 15 is 0 Å². The summed E-state index contributed by atoms with van der Waals surface area (Å²) in [6, 6.07) is 4.43. The lowest BCUT2D eigenvalue weighted by atomic mass is 9.99. The van der Waals surface area contributed by atoms with E-state index in [9.17, 15) is 0 Å². The second-order valence-corrected chi connectivity index (χ2v) is 3.83. The van der Waals surface area contributed by atoms with E-state index in [1.54, 1.807) is 0 Å². The lowest BCUT2D eigenvalue weighted by Gasteiger charge is -2.06. The number of hydrogen-bond donors (Lipinski definition) is 1. The summed E-state index contributed by atoms with van der Waals surface area (Å²) < 4.78 is 0. The standard InChI is InChI=1S/C11H14N2.CH4/c1-7(2)9-4-8(3)11-10(5-9)6-12-13-11;/h4-7H,1-3H3,(H,12,13);1H4. The molecule has 2 heteroatoms. The van der Waals surface area contributed by atoms with Gasteiger partial charge in [0.2, 0.25) is 0 Å². The first-order valence-electron chi connectivity index (χ1n) is 4.62. The van der Waals surface area contributed by atoms with E-state index in [0.29, 0.717) is 5.92 Å². The summed E-state index contributed by atoms with van der Waals surface area (Å²) in [6.45, 7) is 6.54. The Bertz CT molecular complexity index is 427. The van der Waals surface area contributed by atoms with Crippen molar-refractivity contribution in [1.29, 1.82) is 0 Å². The minimum atomic E-state index is 0. The summed E-state index contributed by atoms with van der Waals surface area (Å²) in [5, 5.41) is 8.25. The van der Waals surface area contributed by atoms with Gasteiger partial charge in [-0.1, -0.05) is 27.3 Å². The van der Waals surface area contributed by atoms with Crippen LogP contribution in [0.5, 0.6) is 0 Å². The Hall–Kier alpha value is -1.31. The maximum atomic E-state index is 4.04. The largest absolute Gasteiger partial charge is 0.278 e. The number of aryl methyl sites for hydroxylation is 1. The van der Waals surface area contributed by atoms with Crippen LogP contribution in [0.4, 0.5) is 0 Å². The number of fused-ring (bicyclic) bond motifs is 1. The Morgan fingerprint density at radius 2 is 2.00 bits per heavy atom. The van der Waals surface area contributed by atoms with Crippen molar-refractivity contribution in [1.82, 2.24) is 10.2 Å². The topological polar surface area (TPSA) is 28.7 Å². The SMILES string of the molecule is C.Cc1cc(C(C)C)cc2cn[nH]c12. The number of hydrogen-bond acceptors (Lipinski definition) is 1. The molecule has 0 amide bonds. The van der Waals surface area contributed by atoms with Crippen molar-refractivity contribution in [3.63, 3.8) is 0 Å². The monoisotopic (exact) mass is 190 g/mol. The van der Waals surface area contributed by atoms with Crippen LogP contribution in [0.3, 0.4) is 0 Å². The Morgan fingerprint density at radius 1 is 1.29 bits per heavy atom. The highest BCUT2D eigenvalue weighted by Gasteiger charge is 2.04. The van der Waals surface area contributed by atoms with Crippen LogP contribution in [0, 0.1) is 6.92 Å². The van der Waals surface area contributed by atoms with Crippen LogP contribution in [0.25, 0.3) is 10.9 Å². The van der Waals surface area contributed by atoms with Crippen LogP contribution in [-0.4, -0.2) is 10.2 Å². The molecule has 2 nitrogen and oxygen atoms in total. The van der Waals surface area contributed by atoms with Crippen LogP contribution in [0.2, 0.25) is 0 Å². The molecule has 1 N–H and O–H groups in total. The highest BCUT2D eigenvalue weighted by atomic mass is 15.1. The number of aromatic nitrogens is 2. The zero-order valence-electron chi connectivity index (χ0n) is 8.26. The van der Waals surface area contributed by atoms with Crippen molar-refractivity contribution in [2.45, 2.75) is 34.1 Å². The Balaban J connectivity index is 0.000000980. The minimum absolute atomic E-state index is 0. The fourth-order valence-electron chi connectivity index (χ4n) is 1.60. The van der Waals surface area contributed by atoms with Crippen molar-refractivity contribution in [2.24, 2.45) is 0 Å². The zero-order chi connectivity index (χ0) is 9.42. The fourth-order valence-corrected chi connectivity index (χ4v) is 1.60. The maximum absolute atomic E-state index is 4.04. The molecule has 0 saturated carbocycles. The molecule has 14 heavy (non-hydrogen) atoms. The highest BCUT2D eigenvalue weighted by Crippen LogP contribution is 2.22. The smallest absolute Gasteiger partial charge is 0.0679 e. The van der Waals surface area contributed by atoms with E-state index in [2.05, 4.69) is 43.1 Å². The summed E-state index contributed by atoms with van der Waals surface area (Å²) in [5.74, 6) is 0.581. The summed E-state index contributed by atoms with van der Waals surface area (Å²) in [7, 11) is 0. The Kier molecular flexibility index (Phi) is 2.94. The van der Waals surface area contributed by atoms with Gasteiger partial charge in [-0.05, 0) is 30.0 Å². The van der Waals surface area contributed by atoms with Crippen LogP contribution < -0.4 is 0 Å². The third-order valence-corrected chi connectivity index (χ3v) is 2.44. The zero-order valence-corrected chi connectivity index (χ0v) is 8.26. The third-order valence-electron chi connectivity index (χ3n) is 2.44. The first kappa shape index (κ1) is 10.8. The van der Waals surface area contributed by atoms with Crippen LogP contribution >= 0.6 is 0 Å². The first-order valence-corrected chi connectivity index (χ1v) is 4.62. The first-order chi connectivity index (χ1) is 6.18. The van der Waals surface area contributed by atoms with Crippen LogP contribution in [0.1, 0.15) is 38.3 Å². The summed E-state index contributed by atoms with van der Waals surface area (Å²) in [4.78, 5) is 0. The molecule has 76 valence electrons. The van der Waals surface area contributed by atoms with E-state index in [0.717, 1.165) is 5.52 Å². The van der Waals surface area contributed by atoms with Gasteiger partial charge in [-0.25, -0.2) is 0 Å². The summed E-state index contributed by atoms with van der Waals surface area (Å²) >= 11 is 0. The molecule has 2 rings (SSSR count). The van der Waals surface area contributed by atoms with Gasteiger partial charge in [-0.2, -0.15) is 5.10 Å². The van der Waals surface area contributed by atoms with Gasteiger partial charge in [0.1, 0.15) is 0 Å². The maximum Gasteiger partial charge on any atom is 0.0679 e. The third kappa shape index (κ3) is 1.65. The Labute approximate surface area is 85.3 Å². The van der Waals surface area contributed by atoms with Crippen molar-refractivity contribution in [3.05, 3.63) is 29.5 Å². The van der Waals surface area contributed by atoms with E-state index in [1.807, 2.05) is 6.20 Å². The molecule has 0 aliphatic carbocycles. The van der Waals surface area contributed by atoms with Crippen LogP contribution in [0.15, 0.2) is 18.3 Å². The van der Waals surface area contributed by atoms with E-state index in [1.165, 1.54) is 16.5 Å².